The molecule has 9 heteroatoms. The predicted octanol–water partition coefficient (Wildman–Crippen LogP) is 4.69. The van der Waals surface area contributed by atoms with Gasteiger partial charge in [-0.3, -0.25) is 9.48 Å². The number of amides is 1. The van der Waals surface area contributed by atoms with Crippen LogP contribution in [0.15, 0.2) is 70.6 Å². The van der Waals surface area contributed by atoms with Gasteiger partial charge in [0.2, 0.25) is 0 Å². The molecule has 2 aromatic carbocycles. The van der Waals surface area contributed by atoms with E-state index in [0.717, 1.165) is 4.90 Å². The highest BCUT2D eigenvalue weighted by Crippen LogP contribution is 2.37. The van der Waals surface area contributed by atoms with Gasteiger partial charge in [0.05, 0.1) is 17.8 Å². The van der Waals surface area contributed by atoms with E-state index in [9.17, 15) is 9.18 Å². The number of nitrogens with one attached hydrogen (secondary N) is 1. The summed E-state index contributed by atoms with van der Waals surface area (Å²) in [7, 11) is 0. The average Bonchev–Trinajstić information content (AvgIpc) is 3.22. The van der Waals surface area contributed by atoms with Gasteiger partial charge >= 0.3 is 0 Å². The van der Waals surface area contributed by atoms with Crippen molar-refractivity contribution in [1.82, 2.24) is 25.1 Å². The van der Waals surface area contributed by atoms with E-state index in [1.165, 1.54) is 17.8 Å². The van der Waals surface area contributed by atoms with Crippen molar-refractivity contribution >= 4 is 29.3 Å². The molecule has 0 saturated carbocycles. The monoisotopic (exact) mass is 451 g/mol. The molecule has 154 valence electrons. The van der Waals surface area contributed by atoms with Gasteiger partial charge in [-0.15, -0.1) is 0 Å². The van der Waals surface area contributed by atoms with E-state index in [2.05, 4.69) is 20.4 Å². The Kier molecular flexibility index (Phi) is 5.17. The lowest BCUT2D eigenvalue weighted by Gasteiger charge is -2.13. The molecule has 0 aliphatic carbocycles. The highest BCUT2D eigenvalue weighted by molar-refractivity contribution is 7.99. The van der Waals surface area contributed by atoms with E-state index in [1.54, 1.807) is 41.2 Å². The summed E-state index contributed by atoms with van der Waals surface area (Å²) in [6, 6.07) is 15.6. The van der Waals surface area contributed by atoms with Crippen molar-refractivity contribution in [2.45, 2.75) is 16.3 Å². The molecule has 0 spiro atoms. The number of aromatic nitrogens is 4. The van der Waals surface area contributed by atoms with E-state index in [0.29, 0.717) is 45.7 Å². The summed E-state index contributed by atoms with van der Waals surface area (Å²) in [6.07, 6.45) is 1.57. The third-order valence-corrected chi connectivity index (χ3v) is 6.10. The average molecular weight is 452 g/mol. The van der Waals surface area contributed by atoms with Crippen LogP contribution >= 0.6 is 23.4 Å². The lowest BCUT2D eigenvalue weighted by molar-refractivity contribution is 0.0924. The number of benzene rings is 2. The maximum Gasteiger partial charge on any atom is 0.269 e. The molecule has 1 N–H and O–H groups in total. The van der Waals surface area contributed by atoms with Gasteiger partial charge in [0, 0.05) is 27.6 Å². The molecule has 1 aliphatic heterocycles. The summed E-state index contributed by atoms with van der Waals surface area (Å²) in [5, 5.41) is 7.91. The van der Waals surface area contributed by atoms with Crippen LogP contribution in [0.25, 0.3) is 22.8 Å². The first-order valence-corrected chi connectivity index (χ1v) is 10.7. The fraction of sp³-hybridized carbons (Fsp3) is 0.0909. The number of nitrogens with zero attached hydrogens (tertiary/aromatic N) is 4. The fourth-order valence-electron chi connectivity index (χ4n) is 3.32. The van der Waals surface area contributed by atoms with Crippen LogP contribution < -0.4 is 5.32 Å². The number of carbonyl (C=O) groups excluding carboxylic acids is 1. The van der Waals surface area contributed by atoms with Crippen LogP contribution in [0.1, 0.15) is 10.5 Å². The van der Waals surface area contributed by atoms with Gasteiger partial charge in [-0.1, -0.05) is 29.4 Å². The van der Waals surface area contributed by atoms with E-state index >= 15 is 0 Å². The zero-order chi connectivity index (χ0) is 21.4. The van der Waals surface area contributed by atoms with Crippen LogP contribution in [-0.4, -0.2) is 32.2 Å². The third kappa shape index (κ3) is 3.92. The number of rotatable bonds is 4. The normalized spacial score (nSPS) is 13.0. The molecule has 2 aromatic heterocycles. The van der Waals surface area contributed by atoms with Crippen molar-refractivity contribution in [3.05, 3.63) is 77.3 Å². The minimum atomic E-state index is -0.417. The van der Waals surface area contributed by atoms with Gasteiger partial charge < -0.3 is 5.32 Å². The standard InChI is InChI=1S/C22H15ClFN5OS/c23-13-4-6-14(7-5-13)31-19-3-1-2-15(24)20(19)21-25-9-8-16(27-21)17-12-18-22(30)26-10-11-29(18)28-17/h1-9,12H,10-11H2,(H,26,30). The molecule has 0 fully saturated rings. The smallest absolute Gasteiger partial charge is 0.269 e. The number of hydrogen-bond donors (Lipinski definition) is 1. The summed E-state index contributed by atoms with van der Waals surface area (Å²) < 4.78 is 16.5. The Hall–Kier alpha value is -3.23. The van der Waals surface area contributed by atoms with E-state index < -0.39 is 5.82 Å². The van der Waals surface area contributed by atoms with Crippen molar-refractivity contribution in [3.8, 4) is 22.8 Å². The summed E-state index contributed by atoms with van der Waals surface area (Å²) >= 11 is 7.37. The molecule has 0 unspecified atom stereocenters. The predicted molar refractivity (Wildman–Crippen MR) is 117 cm³/mol. The molecule has 0 radical (unpaired) electrons. The second-order valence-corrected chi connectivity index (χ2v) is 8.38. The van der Waals surface area contributed by atoms with Crippen LogP contribution in [0, 0.1) is 5.82 Å². The van der Waals surface area contributed by atoms with Crippen molar-refractivity contribution in [2.24, 2.45) is 0 Å². The molecule has 6 nitrogen and oxygen atoms in total. The SMILES string of the molecule is O=C1NCCn2nc(-c3ccnc(-c4c(F)cccc4Sc4ccc(Cl)cc4)n3)cc21. The van der Waals surface area contributed by atoms with Crippen LogP contribution in [0.4, 0.5) is 4.39 Å². The summed E-state index contributed by atoms with van der Waals surface area (Å²) in [6.45, 7) is 1.12. The van der Waals surface area contributed by atoms with Crippen molar-refractivity contribution in [2.75, 3.05) is 6.54 Å². The lowest BCUT2D eigenvalue weighted by atomic mass is 10.2. The van der Waals surface area contributed by atoms with Gasteiger partial charge in [-0.25, -0.2) is 14.4 Å². The van der Waals surface area contributed by atoms with Crippen molar-refractivity contribution in [1.29, 1.82) is 0 Å². The second kappa shape index (κ2) is 8.13. The molecule has 1 aliphatic rings. The molecule has 31 heavy (non-hydrogen) atoms. The van der Waals surface area contributed by atoms with Gasteiger partial charge in [0.25, 0.3) is 5.91 Å². The van der Waals surface area contributed by atoms with Crippen LogP contribution in [0.3, 0.4) is 0 Å². The van der Waals surface area contributed by atoms with Crippen LogP contribution in [0.5, 0.6) is 0 Å². The molecule has 1 amide bonds. The molecule has 0 atom stereocenters. The summed E-state index contributed by atoms with van der Waals surface area (Å²) in [5.74, 6) is -0.336. The fourth-order valence-corrected chi connectivity index (χ4v) is 4.41. The maximum atomic E-state index is 14.9. The van der Waals surface area contributed by atoms with Crippen molar-refractivity contribution < 1.29 is 9.18 Å². The zero-order valence-electron chi connectivity index (χ0n) is 16.0. The quantitative estimate of drug-likeness (QED) is 0.487. The largest absolute Gasteiger partial charge is 0.349 e. The van der Waals surface area contributed by atoms with Gasteiger partial charge in [-0.2, -0.15) is 5.10 Å². The maximum absolute atomic E-state index is 14.9. The first-order chi connectivity index (χ1) is 15.1. The molecular formula is C22H15ClFN5OS. The molecular weight excluding hydrogens is 437 g/mol. The topological polar surface area (TPSA) is 72.7 Å². The first-order valence-electron chi connectivity index (χ1n) is 9.50. The highest BCUT2D eigenvalue weighted by atomic mass is 35.5. The number of carbonyl (C=O) groups is 1. The molecule has 5 rings (SSSR count). The highest BCUT2D eigenvalue weighted by Gasteiger charge is 2.21. The lowest BCUT2D eigenvalue weighted by Crippen LogP contribution is -2.35. The van der Waals surface area contributed by atoms with E-state index in [4.69, 9.17) is 11.6 Å². The Bertz CT molecular complexity index is 1290. The Morgan fingerprint density at radius 3 is 2.74 bits per heavy atom. The zero-order valence-corrected chi connectivity index (χ0v) is 17.6. The van der Waals surface area contributed by atoms with Crippen LogP contribution in [0.2, 0.25) is 5.02 Å². The minimum absolute atomic E-state index is 0.171. The van der Waals surface area contributed by atoms with Gasteiger partial charge in [0.1, 0.15) is 17.2 Å². The molecule has 0 saturated heterocycles. The second-order valence-electron chi connectivity index (χ2n) is 6.83. The minimum Gasteiger partial charge on any atom is -0.349 e. The Morgan fingerprint density at radius 2 is 1.94 bits per heavy atom. The van der Waals surface area contributed by atoms with Gasteiger partial charge in [-0.05, 0) is 48.5 Å². The van der Waals surface area contributed by atoms with E-state index in [-0.39, 0.29) is 11.7 Å². The molecule has 4 aromatic rings. The van der Waals surface area contributed by atoms with Crippen molar-refractivity contribution in [3.63, 3.8) is 0 Å². The summed E-state index contributed by atoms with van der Waals surface area (Å²) in [4.78, 5) is 22.5. The molecule has 0 bridgehead atoms. The first kappa shape index (κ1) is 19.7. The number of halogens is 2. The Labute approximate surface area is 186 Å². The van der Waals surface area contributed by atoms with E-state index in [1.807, 2.05) is 18.2 Å². The van der Waals surface area contributed by atoms with Gasteiger partial charge in [0.15, 0.2) is 5.82 Å². The Balaban J connectivity index is 1.54. The third-order valence-electron chi connectivity index (χ3n) is 4.78. The number of hydrogen-bond acceptors (Lipinski definition) is 5. The number of fused-ring (bicyclic) bond motifs is 1. The Morgan fingerprint density at radius 1 is 1.10 bits per heavy atom. The summed E-state index contributed by atoms with van der Waals surface area (Å²) in [5.41, 5.74) is 1.85. The van der Waals surface area contributed by atoms with Crippen LogP contribution in [-0.2, 0) is 6.54 Å². The molecule has 3 heterocycles.